The molecule has 0 aromatic heterocycles. The van der Waals surface area contributed by atoms with Crippen LogP contribution in [0.4, 0.5) is 4.39 Å². The molecule has 1 aliphatic carbocycles. The molecule has 0 aliphatic heterocycles. The van der Waals surface area contributed by atoms with E-state index in [2.05, 4.69) is 19.2 Å². The number of hydrogen-bond donors (Lipinski definition) is 1. The highest BCUT2D eigenvalue weighted by Gasteiger charge is 2.25. The van der Waals surface area contributed by atoms with E-state index >= 15 is 0 Å². The van der Waals surface area contributed by atoms with Crippen molar-refractivity contribution in [3.05, 3.63) is 35.1 Å². The van der Waals surface area contributed by atoms with Crippen LogP contribution < -0.4 is 5.32 Å². The second kappa shape index (κ2) is 6.33. The molecule has 1 atom stereocenters. The summed E-state index contributed by atoms with van der Waals surface area (Å²) in [6.07, 6.45) is 6.12. The number of benzene rings is 1. The SMILES string of the molecule is CCCNC(Cc1cc(F)ccc1C)CC1CC1. The van der Waals surface area contributed by atoms with Gasteiger partial charge < -0.3 is 5.32 Å². The summed E-state index contributed by atoms with van der Waals surface area (Å²) in [5, 5.41) is 3.61. The van der Waals surface area contributed by atoms with Crippen molar-refractivity contribution in [2.24, 2.45) is 5.92 Å². The molecule has 1 N–H and O–H groups in total. The third-order valence-corrected chi connectivity index (χ3v) is 3.78. The average Bonchev–Trinajstić information content (AvgIpc) is 3.14. The minimum Gasteiger partial charge on any atom is -0.314 e. The third-order valence-electron chi connectivity index (χ3n) is 3.78. The molecular weight excluding hydrogens is 225 g/mol. The van der Waals surface area contributed by atoms with E-state index in [1.54, 1.807) is 12.1 Å². The molecule has 2 rings (SSSR count). The van der Waals surface area contributed by atoms with E-state index in [9.17, 15) is 4.39 Å². The van der Waals surface area contributed by atoms with Crippen molar-refractivity contribution in [1.82, 2.24) is 5.32 Å². The van der Waals surface area contributed by atoms with Crippen molar-refractivity contribution in [3.63, 3.8) is 0 Å². The van der Waals surface area contributed by atoms with Gasteiger partial charge in [-0.15, -0.1) is 0 Å². The predicted molar refractivity (Wildman–Crippen MR) is 74.3 cm³/mol. The van der Waals surface area contributed by atoms with Crippen LogP contribution in [0.5, 0.6) is 0 Å². The molecule has 1 aromatic carbocycles. The van der Waals surface area contributed by atoms with Gasteiger partial charge in [-0.05, 0) is 61.9 Å². The first kappa shape index (κ1) is 13.5. The summed E-state index contributed by atoms with van der Waals surface area (Å²) in [5.41, 5.74) is 2.36. The summed E-state index contributed by atoms with van der Waals surface area (Å²) in [6.45, 7) is 5.32. The second-order valence-electron chi connectivity index (χ2n) is 5.61. The zero-order valence-electron chi connectivity index (χ0n) is 11.5. The Morgan fingerprint density at radius 1 is 1.39 bits per heavy atom. The molecule has 1 aliphatic rings. The van der Waals surface area contributed by atoms with Gasteiger partial charge in [-0.3, -0.25) is 0 Å². The van der Waals surface area contributed by atoms with Crippen LogP contribution in [0.15, 0.2) is 18.2 Å². The molecule has 0 bridgehead atoms. The van der Waals surface area contributed by atoms with Gasteiger partial charge in [-0.25, -0.2) is 4.39 Å². The summed E-state index contributed by atoms with van der Waals surface area (Å²) in [6, 6.07) is 5.65. The lowest BCUT2D eigenvalue weighted by Gasteiger charge is -2.19. The van der Waals surface area contributed by atoms with Crippen molar-refractivity contribution in [2.75, 3.05) is 6.54 Å². The van der Waals surface area contributed by atoms with Gasteiger partial charge in [0.1, 0.15) is 5.82 Å². The second-order valence-corrected chi connectivity index (χ2v) is 5.61. The largest absolute Gasteiger partial charge is 0.314 e. The van der Waals surface area contributed by atoms with Crippen LogP contribution in [0.1, 0.15) is 43.7 Å². The molecule has 1 unspecified atom stereocenters. The van der Waals surface area contributed by atoms with Crippen molar-refractivity contribution < 1.29 is 4.39 Å². The minimum absolute atomic E-state index is 0.115. The van der Waals surface area contributed by atoms with Crippen LogP contribution in [0.25, 0.3) is 0 Å². The summed E-state index contributed by atoms with van der Waals surface area (Å²) in [7, 11) is 0. The Morgan fingerprint density at radius 2 is 2.17 bits per heavy atom. The van der Waals surface area contributed by atoms with Crippen LogP contribution in [0, 0.1) is 18.7 Å². The van der Waals surface area contributed by atoms with Gasteiger partial charge in [0.2, 0.25) is 0 Å². The normalized spacial score (nSPS) is 16.8. The lowest BCUT2D eigenvalue weighted by atomic mass is 9.97. The molecule has 18 heavy (non-hydrogen) atoms. The average molecular weight is 249 g/mol. The zero-order valence-corrected chi connectivity index (χ0v) is 11.5. The Bertz CT molecular complexity index is 385. The molecule has 0 saturated heterocycles. The molecule has 100 valence electrons. The maximum absolute atomic E-state index is 13.3. The highest BCUT2D eigenvalue weighted by Crippen LogP contribution is 2.34. The molecule has 0 amide bonds. The van der Waals surface area contributed by atoms with Crippen LogP contribution in [-0.4, -0.2) is 12.6 Å². The maximum Gasteiger partial charge on any atom is 0.123 e. The number of hydrogen-bond acceptors (Lipinski definition) is 1. The van der Waals surface area contributed by atoms with E-state index in [4.69, 9.17) is 0 Å². The molecule has 1 fully saturated rings. The van der Waals surface area contributed by atoms with Gasteiger partial charge in [0.25, 0.3) is 0 Å². The Hall–Kier alpha value is -0.890. The lowest BCUT2D eigenvalue weighted by molar-refractivity contribution is 0.453. The molecule has 0 spiro atoms. The van der Waals surface area contributed by atoms with Gasteiger partial charge in [0, 0.05) is 6.04 Å². The summed E-state index contributed by atoms with van der Waals surface area (Å²) >= 11 is 0. The van der Waals surface area contributed by atoms with Crippen LogP contribution in [-0.2, 0) is 6.42 Å². The lowest BCUT2D eigenvalue weighted by Crippen LogP contribution is -2.32. The number of aryl methyl sites for hydroxylation is 1. The van der Waals surface area contributed by atoms with E-state index in [0.717, 1.165) is 30.9 Å². The van der Waals surface area contributed by atoms with E-state index < -0.39 is 0 Å². The monoisotopic (exact) mass is 249 g/mol. The fourth-order valence-electron chi connectivity index (χ4n) is 2.47. The fourth-order valence-corrected chi connectivity index (χ4v) is 2.47. The fraction of sp³-hybridized carbons (Fsp3) is 0.625. The molecule has 1 saturated carbocycles. The zero-order chi connectivity index (χ0) is 13.0. The third kappa shape index (κ3) is 4.09. The molecule has 0 radical (unpaired) electrons. The Kier molecular flexibility index (Phi) is 4.76. The van der Waals surface area contributed by atoms with Crippen molar-refractivity contribution in [1.29, 1.82) is 0 Å². The van der Waals surface area contributed by atoms with Crippen LogP contribution >= 0.6 is 0 Å². The number of nitrogens with one attached hydrogen (secondary N) is 1. The summed E-state index contributed by atoms with van der Waals surface area (Å²) < 4.78 is 13.3. The van der Waals surface area contributed by atoms with Crippen molar-refractivity contribution >= 4 is 0 Å². The highest BCUT2D eigenvalue weighted by atomic mass is 19.1. The standard InChI is InChI=1S/C16H24FN/c1-3-8-18-16(9-13-5-6-13)11-14-10-15(17)7-4-12(14)2/h4,7,10,13,16,18H,3,5-6,8-9,11H2,1-2H3. The van der Waals surface area contributed by atoms with Gasteiger partial charge in [-0.2, -0.15) is 0 Å². The van der Waals surface area contributed by atoms with E-state index in [1.807, 2.05) is 6.07 Å². The number of halogens is 1. The maximum atomic E-state index is 13.3. The van der Waals surface area contributed by atoms with E-state index in [1.165, 1.54) is 24.8 Å². The highest BCUT2D eigenvalue weighted by molar-refractivity contribution is 5.27. The molecule has 1 aromatic rings. The van der Waals surface area contributed by atoms with Gasteiger partial charge in [-0.1, -0.05) is 25.8 Å². The molecule has 2 heteroatoms. The Labute approximate surface area is 110 Å². The van der Waals surface area contributed by atoms with Crippen molar-refractivity contribution in [3.8, 4) is 0 Å². The van der Waals surface area contributed by atoms with Crippen LogP contribution in [0.3, 0.4) is 0 Å². The van der Waals surface area contributed by atoms with Gasteiger partial charge in [0.05, 0.1) is 0 Å². The minimum atomic E-state index is -0.115. The number of rotatable bonds is 7. The molecular formula is C16H24FN. The smallest absolute Gasteiger partial charge is 0.123 e. The van der Waals surface area contributed by atoms with E-state index in [-0.39, 0.29) is 5.82 Å². The Morgan fingerprint density at radius 3 is 2.83 bits per heavy atom. The molecule has 0 heterocycles. The van der Waals surface area contributed by atoms with Crippen LogP contribution in [0.2, 0.25) is 0 Å². The summed E-state index contributed by atoms with van der Waals surface area (Å²) in [5.74, 6) is 0.796. The first-order valence-corrected chi connectivity index (χ1v) is 7.17. The quantitative estimate of drug-likeness (QED) is 0.774. The first-order chi connectivity index (χ1) is 8.69. The molecule has 1 nitrogen and oxygen atoms in total. The predicted octanol–water partition coefficient (Wildman–Crippen LogP) is 3.84. The topological polar surface area (TPSA) is 12.0 Å². The van der Waals surface area contributed by atoms with Gasteiger partial charge in [0.15, 0.2) is 0 Å². The van der Waals surface area contributed by atoms with E-state index in [0.29, 0.717) is 6.04 Å². The Balaban J connectivity index is 1.98. The van der Waals surface area contributed by atoms with Crippen molar-refractivity contribution in [2.45, 2.75) is 52.0 Å². The summed E-state index contributed by atoms with van der Waals surface area (Å²) in [4.78, 5) is 0. The van der Waals surface area contributed by atoms with Gasteiger partial charge >= 0.3 is 0 Å². The first-order valence-electron chi connectivity index (χ1n) is 7.17.